The van der Waals surface area contributed by atoms with Crippen LogP contribution in [0.2, 0.25) is 0 Å². The van der Waals surface area contributed by atoms with Crippen LogP contribution in [-0.2, 0) is 4.74 Å². The highest BCUT2D eigenvalue weighted by molar-refractivity contribution is 6.62. The summed E-state index contributed by atoms with van der Waals surface area (Å²) < 4.78 is 5.22. The fourth-order valence-corrected chi connectivity index (χ4v) is 1.56. The quantitative estimate of drug-likeness (QED) is 0.503. The minimum absolute atomic E-state index is 0.339. The molecule has 20 heavy (non-hydrogen) atoms. The molecule has 0 unspecified atom stereocenters. The van der Waals surface area contributed by atoms with E-state index in [2.05, 4.69) is 0 Å². The summed E-state index contributed by atoms with van der Waals surface area (Å²) in [5.41, 5.74) is -0.490. The molecule has 5 nitrogen and oxygen atoms in total. The van der Waals surface area contributed by atoms with E-state index in [0.29, 0.717) is 26.2 Å². The molecule has 1 aliphatic heterocycles. The summed E-state index contributed by atoms with van der Waals surface area (Å²) in [6.45, 7) is 15.3. The molecular weight excluding hydrogens is 280 g/mol. The van der Waals surface area contributed by atoms with Crippen LogP contribution in [0.15, 0.2) is 0 Å². The number of halogens is 1. The average molecular weight is 309 g/mol. The monoisotopic (exact) mass is 308 g/mol. The lowest BCUT2D eigenvalue weighted by molar-refractivity contribution is 0.0177. The van der Waals surface area contributed by atoms with Gasteiger partial charge in [0, 0.05) is 26.2 Å². The number of carbonyl (C=O) groups excluding carboxylic acids is 2. The van der Waals surface area contributed by atoms with Gasteiger partial charge in [-0.05, 0) is 32.4 Å². The maximum atomic E-state index is 11.7. The molecule has 1 fully saturated rings. The van der Waals surface area contributed by atoms with Gasteiger partial charge in [-0.2, -0.15) is 0 Å². The summed E-state index contributed by atoms with van der Waals surface area (Å²) in [4.78, 5) is 25.6. The maximum Gasteiger partial charge on any atom is 0.410 e. The SMILES string of the molecule is CC.CC.CC(C)(C)OC(=O)N1CCN(C(=O)Cl)CC1. The van der Waals surface area contributed by atoms with Crippen molar-refractivity contribution in [2.24, 2.45) is 0 Å². The van der Waals surface area contributed by atoms with Gasteiger partial charge in [-0.15, -0.1) is 0 Å². The maximum absolute atomic E-state index is 11.7. The van der Waals surface area contributed by atoms with Crippen LogP contribution in [0.25, 0.3) is 0 Å². The highest BCUT2D eigenvalue weighted by atomic mass is 35.5. The van der Waals surface area contributed by atoms with Crippen LogP contribution in [0.3, 0.4) is 0 Å². The number of hydrogen-bond acceptors (Lipinski definition) is 3. The Bertz CT molecular complexity index is 283. The number of amides is 2. The molecule has 120 valence electrons. The van der Waals surface area contributed by atoms with Crippen LogP contribution in [0.1, 0.15) is 48.5 Å². The number of nitrogens with zero attached hydrogens (tertiary/aromatic N) is 2. The second-order valence-electron chi connectivity index (χ2n) is 4.71. The average Bonchev–Trinajstić information content (AvgIpc) is 2.41. The zero-order chi connectivity index (χ0) is 16.3. The highest BCUT2D eigenvalue weighted by Crippen LogP contribution is 2.12. The third-order valence-corrected chi connectivity index (χ3v) is 2.42. The van der Waals surface area contributed by atoms with Crippen molar-refractivity contribution in [1.29, 1.82) is 0 Å². The molecule has 0 aromatic carbocycles. The number of piperazine rings is 1. The van der Waals surface area contributed by atoms with Gasteiger partial charge in [-0.1, -0.05) is 27.7 Å². The topological polar surface area (TPSA) is 49.9 Å². The fraction of sp³-hybridized carbons (Fsp3) is 0.857. The summed E-state index contributed by atoms with van der Waals surface area (Å²) in [7, 11) is 0. The number of ether oxygens (including phenoxy) is 1. The Morgan fingerprint density at radius 2 is 1.25 bits per heavy atom. The largest absolute Gasteiger partial charge is 0.444 e. The Morgan fingerprint density at radius 3 is 1.55 bits per heavy atom. The zero-order valence-corrected chi connectivity index (χ0v) is 14.6. The first kappa shape index (κ1) is 21.3. The summed E-state index contributed by atoms with van der Waals surface area (Å²) in [6, 6.07) is 0. The van der Waals surface area contributed by atoms with E-state index >= 15 is 0 Å². The van der Waals surface area contributed by atoms with Gasteiger partial charge in [0.05, 0.1) is 0 Å². The zero-order valence-electron chi connectivity index (χ0n) is 13.8. The van der Waals surface area contributed by atoms with Crippen molar-refractivity contribution >= 4 is 23.1 Å². The lowest BCUT2D eigenvalue weighted by atomic mass is 10.2. The normalized spacial score (nSPS) is 14.4. The van der Waals surface area contributed by atoms with Gasteiger partial charge in [-0.3, -0.25) is 4.79 Å². The van der Waals surface area contributed by atoms with Gasteiger partial charge in [-0.25, -0.2) is 4.79 Å². The van der Waals surface area contributed by atoms with E-state index in [1.807, 2.05) is 48.5 Å². The smallest absolute Gasteiger partial charge is 0.410 e. The molecule has 0 saturated carbocycles. The minimum atomic E-state index is -0.490. The lowest BCUT2D eigenvalue weighted by Crippen LogP contribution is -2.50. The van der Waals surface area contributed by atoms with E-state index in [1.165, 1.54) is 4.90 Å². The van der Waals surface area contributed by atoms with Crippen LogP contribution < -0.4 is 0 Å². The molecule has 0 aromatic rings. The van der Waals surface area contributed by atoms with E-state index < -0.39 is 11.0 Å². The van der Waals surface area contributed by atoms with Crippen LogP contribution in [0, 0.1) is 0 Å². The predicted molar refractivity (Wildman–Crippen MR) is 83.3 cm³/mol. The molecule has 0 radical (unpaired) electrons. The number of carbonyl (C=O) groups is 2. The van der Waals surface area contributed by atoms with Crippen LogP contribution >= 0.6 is 11.6 Å². The van der Waals surface area contributed by atoms with Crippen molar-refractivity contribution in [3.05, 3.63) is 0 Å². The summed E-state index contributed by atoms with van der Waals surface area (Å²) in [5, 5.41) is -0.469. The molecule has 1 aliphatic rings. The van der Waals surface area contributed by atoms with Gasteiger partial charge >= 0.3 is 11.5 Å². The summed E-state index contributed by atoms with van der Waals surface area (Å²) in [5.74, 6) is 0. The molecule has 0 aliphatic carbocycles. The minimum Gasteiger partial charge on any atom is -0.444 e. The summed E-state index contributed by atoms with van der Waals surface area (Å²) in [6.07, 6.45) is -0.339. The highest BCUT2D eigenvalue weighted by Gasteiger charge is 2.26. The standard InChI is InChI=1S/C10H17ClN2O3.2C2H6/c1-10(2,3)16-9(15)13-6-4-12(5-7-13)8(11)14;2*1-2/h4-7H2,1-3H3;2*1-2H3. The van der Waals surface area contributed by atoms with Crippen molar-refractivity contribution in [2.75, 3.05) is 26.2 Å². The van der Waals surface area contributed by atoms with E-state index in [-0.39, 0.29) is 6.09 Å². The van der Waals surface area contributed by atoms with Gasteiger partial charge in [0.2, 0.25) is 0 Å². The molecule has 2 amide bonds. The van der Waals surface area contributed by atoms with Crippen LogP contribution in [0.4, 0.5) is 9.59 Å². The first-order valence-electron chi connectivity index (χ1n) is 7.22. The third-order valence-electron chi connectivity index (χ3n) is 2.18. The summed E-state index contributed by atoms with van der Waals surface area (Å²) >= 11 is 5.34. The second kappa shape index (κ2) is 10.8. The Hall–Kier alpha value is -0.970. The van der Waals surface area contributed by atoms with Crippen molar-refractivity contribution in [3.8, 4) is 0 Å². The molecule has 1 heterocycles. The van der Waals surface area contributed by atoms with Gasteiger partial charge in [0.25, 0.3) is 0 Å². The molecule has 0 spiro atoms. The van der Waals surface area contributed by atoms with E-state index in [4.69, 9.17) is 16.3 Å². The molecular formula is C14H29ClN2O3. The number of hydrogen-bond donors (Lipinski definition) is 0. The van der Waals surface area contributed by atoms with Gasteiger partial charge in [0.1, 0.15) is 5.60 Å². The molecule has 0 atom stereocenters. The van der Waals surface area contributed by atoms with E-state index in [0.717, 1.165) is 0 Å². The molecule has 1 saturated heterocycles. The van der Waals surface area contributed by atoms with Crippen LogP contribution in [-0.4, -0.2) is 53.0 Å². The van der Waals surface area contributed by atoms with E-state index in [9.17, 15) is 9.59 Å². The third kappa shape index (κ3) is 9.02. The molecule has 6 heteroatoms. The van der Waals surface area contributed by atoms with Gasteiger partial charge in [0.15, 0.2) is 0 Å². The fourth-order valence-electron chi connectivity index (χ4n) is 1.39. The molecule has 0 N–H and O–H groups in total. The lowest BCUT2D eigenvalue weighted by Gasteiger charge is -2.34. The Labute approximate surface area is 128 Å². The Kier molecular flexibility index (Phi) is 11.5. The molecule has 0 aromatic heterocycles. The number of rotatable bonds is 0. The van der Waals surface area contributed by atoms with Crippen molar-refractivity contribution in [3.63, 3.8) is 0 Å². The van der Waals surface area contributed by atoms with Crippen LogP contribution in [0.5, 0.6) is 0 Å². The molecule has 1 rings (SSSR count). The first-order valence-corrected chi connectivity index (χ1v) is 7.60. The van der Waals surface area contributed by atoms with Crippen molar-refractivity contribution < 1.29 is 14.3 Å². The Balaban J connectivity index is 0. The van der Waals surface area contributed by atoms with Crippen molar-refractivity contribution in [2.45, 2.75) is 54.1 Å². The Morgan fingerprint density at radius 1 is 0.900 bits per heavy atom. The van der Waals surface area contributed by atoms with Gasteiger partial charge < -0.3 is 14.5 Å². The second-order valence-corrected chi connectivity index (χ2v) is 5.03. The predicted octanol–water partition coefficient (Wildman–Crippen LogP) is 3.95. The van der Waals surface area contributed by atoms with Crippen molar-refractivity contribution in [1.82, 2.24) is 9.80 Å². The van der Waals surface area contributed by atoms with E-state index in [1.54, 1.807) is 4.90 Å². The first-order chi connectivity index (χ1) is 9.29. The molecule has 0 bridgehead atoms.